The number of piperidine rings is 1. The van der Waals surface area contributed by atoms with E-state index in [-0.39, 0.29) is 23.9 Å². The lowest BCUT2D eigenvalue weighted by Crippen LogP contribution is -2.46. The summed E-state index contributed by atoms with van der Waals surface area (Å²) in [5, 5.41) is 11.0. The van der Waals surface area contributed by atoms with Gasteiger partial charge >= 0.3 is 0 Å². The smallest absolute Gasteiger partial charge is 0.291 e. The number of H-pyrrole nitrogens is 2. The molecule has 4 N–H and O–H groups in total. The predicted octanol–water partition coefficient (Wildman–Crippen LogP) is 2.30. The largest absolute Gasteiger partial charge is 0.384 e. The molecule has 11 nitrogen and oxygen atoms in total. The summed E-state index contributed by atoms with van der Waals surface area (Å²) in [4.78, 5) is 29.5. The lowest BCUT2D eigenvalue weighted by Gasteiger charge is -2.38. The third-order valence-electron chi connectivity index (χ3n) is 7.44. The fraction of sp³-hybridized carbons (Fsp3) is 0.348. The van der Waals surface area contributed by atoms with E-state index >= 15 is 0 Å². The third kappa shape index (κ3) is 2.86. The Kier molecular flexibility index (Phi) is 4.08. The SMILES string of the molecule is Nc1cc(C2CC3CCC(C2)N3C(=O)c2ncn[nH]2)nc2c(N3C=Cc4[nH]ccc4C3)cnn12. The number of rotatable bonds is 3. The van der Waals surface area contributed by atoms with E-state index in [4.69, 9.17) is 10.7 Å². The second kappa shape index (κ2) is 7.17. The summed E-state index contributed by atoms with van der Waals surface area (Å²) in [6, 6.07) is 4.37. The predicted molar refractivity (Wildman–Crippen MR) is 125 cm³/mol. The normalized spacial score (nSPS) is 23.6. The van der Waals surface area contributed by atoms with Gasteiger partial charge in [0, 0.05) is 54.4 Å². The molecule has 7 rings (SSSR count). The first-order valence-electron chi connectivity index (χ1n) is 11.6. The van der Waals surface area contributed by atoms with Crippen LogP contribution in [0.15, 0.2) is 37.1 Å². The van der Waals surface area contributed by atoms with E-state index < -0.39 is 0 Å². The van der Waals surface area contributed by atoms with Gasteiger partial charge in [0.05, 0.1) is 6.20 Å². The molecule has 7 heterocycles. The van der Waals surface area contributed by atoms with E-state index in [1.165, 1.54) is 11.9 Å². The summed E-state index contributed by atoms with van der Waals surface area (Å²) in [6.45, 7) is 0.745. The Morgan fingerprint density at radius 2 is 2.06 bits per heavy atom. The Bertz CT molecular complexity index is 1400. The maximum Gasteiger partial charge on any atom is 0.291 e. The molecule has 2 bridgehead atoms. The van der Waals surface area contributed by atoms with Crippen LogP contribution in [0.2, 0.25) is 0 Å². The van der Waals surface area contributed by atoms with Crippen LogP contribution in [0.3, 0.4) is 0 Å². The molecule has 172 valence electrons. The van der Waals surface area contributed by atoms with Gasteiger partial charge in [-0.25, -0.2) is 9.97 Å². The number of aromatic nitrogens is 7. The van der Waals surface area contributed by atoms with Crippen molar-refractivity contribution in [1.29, 1.82) is 0 Å². The molecule has 34 heavy (non-hydrogen) atoms. The van der Waals surface area contributed by atoms with Gasteiger partial charge in [-0.1, -0.05) is 0 Å². The standard InChI is InChI=1S/C23H24N10O/c24-20-9-18(14-7-15-1-2-16(8-14)32(15)23(34)21-26-12-27-30-21)29-22-19(10-28-33(20)22)31-6-4-17-13(11-31)3-5-25-17/h3-6,9-10,12,14-16,25H,1-2,7-8,11,24H2,(H,26,27,30). The van der Waals surface area contributed by atoms with Crippen molar-refractivity contribution in [3.05, 3.63) is 59.8 Å². The van der Waals surface area contributed by atoms with E-state index in [1.807, 2.05) is 29.6 Å². The van der Waals surface area contributed by atoms with Gasteiger partial charge in [0.25, 0.3) is 5.91 Å². The first kappa shape index (κ1) is 19.3. The summed E-state index contributed by atoms with van der Waals surface area (Å²) in [6.07, 6.45) is 13.0. The van der Waals surface area contributed by atoms with E-state index in [2.05, 4.69) is 42.3 Å². The molecule has 11 heteroatoms. The summed E-state index contributed by atoms with van der Waals surface area (Å²) in [7, 11) is 0. The quantitative estimate of drug-likeness (QED) is 0.430. The van der Waals surface area contributed by atoms with Crippen molar-refractivity contribution in [1.82, 2.24) is 39.7 Å². The maximum atomic E-state index is 13.0. The van der Waals surface area contributed by atoms with Crippen LogP contribution < -0.4 is 10.6 Å². The van der Waals surface area contributed by atoms with Gasteiger partial charge in [0.2, 0.25) is 5.82 Å². The molecule has 2 unspecified atom stereocenters. The fourth-order valence-corrected chi connectivity index (χ4v) is 5.86. The Morgan fingerprint density at radius 3 is 2.85 bits per heavy atom. The summed E-state index contributed by atoms with van der Waals surface area (Å²) >= 11 is 0. The van der Waals surface area contributed by atoms with Gasteiger partial charge in [-0.15, -0.1) is 0 Å². The minimum Gasteiger partial charge on any atom is -0.384 e. The van der Waals surface area contributed by atoms with Gasteiger partial charge < -0.3 is 20.5 Å². The van der Waals surface area contributed by atoms with Crippen LogP contribution in [0, 0.1) is 0 Å². The lowest BCUT2D eigenvalue weighted by molar-refractivity contribution is 0.0557. The number of carbonyl (C=O) groups is 1. The number of amides is 1. The molecule has 0 aliphatic carbocycles. The molecule has 0 spiro atoms. The Labute approximate surface area is 194 Å². The van der Waals surface area contributed by atoms with Crippen LogP contribution in [-0.4, -0.2) is 57.7 Å². The topological polar surface area (TPSA) is 137 Å². The van der Waals surface area contributed by atoms with Crippen LogP contribution in [-0.2, 0) is 6.54 Å². The first-order valence-corrected chi connectivity index (χ1v) is 11.6. The second-order valence-electron chi connectivity index (χ2n) is 9.33. The highest BCUT2D eigenvalue weighted by Crippen LogP contribution is 2.43. The van der Waals surface area contributed by atoms with E-state index in [1.54, 1.807) is 4.52 Å². The highest BCUT2D eigenvalue weighted by atomic mass is 16.2. The fourth-order valence-electron chi connectivity index (χ4n) is 5.86. The van der Waals surface area contributed by atoms with Gasteiger partial charge in [-0.3, -0.25) is 9.89 Å². The van der Waals surface area contributed by atoms with Crippen molar-refractivity contribution in [2.45, 2.75) is 50.2 Å². The van der Waals surface area contributed by atoms with Crippen molar-refractivity contribution in [2.24, 2.45) is 0 Å². The van der Waals surface area contributed by atoms with Crippen LogP contribution in [0.4, 0.5) is 11.5 Å². The average Bonchev–Trinajstić information content (AvgIpc) is 3.64. The molecule has 0 radical (unpaired) electrons. The second-order valence-corrected chi connectivity index (χ2v) is 9.33. The zero-order valence-electron chi connectivity index (χ0n) is 18.4. The average molecular weight is 457 g/mol. The highest BCUT2D eigenvalue weighted by Gasteiger charge is 2.45. The molecule has 1 amide bonds. The molecular weight excluding hydrogens is 432 g/mol. The van der Waals surface area contributed by atoms with Crippen LogP contribution in [0.5, 0.6) is 0 Å². The monoisotopic (exact) mass is 456 g/mol. The number of hydrogen-bond acceptors (Lipinski definition) is 7. The van der Waals surface area contributed by atoms with Crippen molar-refractivity contribution >= 4 is 29.1 Å². The number of nitrogen functional groups attached to an aromatic ring is 1. The van der Waals surface area contributed by atoms with Crippen LogP contribution in [0.25, 0.3) is 11.7 Å². The molecular formula is C23H24N10O. The Hall–Kier alpha value is -4.15. The number of fused-ring (bicyclic) bond motifs is 4. The molecule has 3 aliphatic heterocycles. The Balaban J connectivity index is 1.19. The number of hydrogen-bond donors (Lipinski definition) is 3. The number of nitrogens with one attached hydrogen (secondary N) is 2. The van der Waals surface area contributed by atoms with Gasteiger partial charge in [0.1, 0.15) is 17.8 Å². The van der Waals surface area contributed by atoms with E-state index in [0.29, 0.717) is 11.6 Å². The first-order chi connectivity index (χ1) is 16.7. The van der Waals surface area contributed by atoms with Crippen molar-refractivity contribution in [3.63, 3.8) is 0 Å². The summed E-state index contributed by atoms with van der Waals surface area (Å²) in [5.74, 6) is 1.05. The summed E-state index contributed by atoms with van der Waals surface area (Å²) < 4.78 is 1.70. The minimum atomic E-state index is -0.0644. The number of aromatic amines is 2. The molecule has 3 aliphatic rings. The molecule has 4 aromatic rings. The zero-order valence-corrected chi connectivity index (χ0v) is 18.4. The third-order valence-corrected chi connectivity index (χ3v) is 7.44. The van der Waals surface area contributed by atoms with Crippen molar-refractivity contribution in [3.8, 4) is 0 Å². The van der Waals surface area contributed by atoms with Crippen LogP contribution in [0.1, 0.15) is 59.2 Å². The number of anilines is 2. The molecule has 2 saturated heterocycles. The molecule has 0 aromatic carbocycles. The number of nitrogens with two attached hydrogens (primary N) is 1. The van der Waals surface area contributed by atoms with Crippen LogP contribution >= 0.6 is 0 Å². The molecule has 4 aromatic heterocycles. The lowest BCUT2D eigenvalue weighted by atomic mass is 9.87. The van der Waals surface area contributed by atoms with Gasteiger partial charge in [-0.05, 0) is 43.4 Å². The molecule has 2 fully saturated rings. The molecule has 2 atom stereocenters. The highest BCUT2D eigenvalue weighted by molar-refractivity contribution is 5.91. The van der Waals surface area contributed by atoms with E-state index in [9.17, 15) is 4.79 Å². The zero-order chi connectivity index (χ0) is 22.8. The van der Waals surface area contributed by atoms with Gasteiger partial charge in [-0.2, -0.15) is 14.7 Å². The number of nitrogens with zero attached hydrogens (tertiary/aromatic N) is 7. The minimum absolute atomic E-state index is 0.0644. The van der Waals surface area contributed by atoms with Gasteiger partial charge in [0.15, 0.2) is 5.65 Å². The Morgan fingerprint density at radius 1 is 1.21 bits per heavy atom. The van der Waals surface area contributed by atoms with Crippen molar-refractivity contribution < 1.29 is 4.79 Å². The maximum absolute atomic E-state index is 13.0. The van der Waals surface area contributed by atoms with E-state index in [0.717, 1.165) is 55.0 Å². The number of carbonyl (C=O) groups excluding carboxylic acids is 1. The molecule has 0 saturated carbocycles. The van der Waals surface area contributed by atoms with Crippen molar-refractivity contribution in [2.75, 3.05) is 10.6 Å². The summed E-state index contributed by atoms with van der Waals surface area (Å²) in [5.41, 5.74) is 11.4.